The van der Waals surface area contributed by atoms with E-state index in [0.29, 0.717) is 24.7 Å². The number of aliphatic hydroxyl groups is 1. The zero-order valence-electron chi connectivity index (χ0n) is 19.9. The van der Waals surface area contributed by atoms with E-state index < -0.39 is 0 Å². The van der Waals surface area contributed by atoms with Crippen LogP contribution in [0.25, 0.3) is 0 Å². The van der Waals surface area contributed by atoms with Crippen molar-refractivity contribution >= 4 is 17.5 Å². The minimum atomic E-state index is 0.378. The van der Waals surface area contributed by atoms with Crippen molar-refractivity contribution in [2.75, 3.05) is 12.4 Å². The number of thioether (sulfide) groups is 1. The molecule has 0 heterocycles. The Morgan fingerprint density at radius 3 is 2.57 bits per heavy atom. The second kappa shape index (κ2) is 12.4. The quantitative estimate of drug-likeness (QED) is 0.220. The van der Waals surface area contributed by atoms with Gasteiger partial charge >= 0.3 is 0 Å². The highest BCUT2D eigenvalue weighted by atomic mass is 32.2. The molecule has 0 aromatic heterocycles. The summed E-state index contributed by atoms with van der Waals surface area (Å²) < 4.78 is 0. The van der Waals surface area contributed by atoms with Gasteiger partial charge in [-0.05, 0) is 92.9 Å². The minimum Gasteiger partial charge on any atom is -0.512 e. The minimum absolute atomic E-state index is 0.378. The first kappa shape index (κ1) is 24.8. The van der Waals surface area contributed by atoms with E-state index in [1.807, 2.05) is 6.92 Å². The van der Waals surface area contributed by atoms with Gasteiger partial charge in [0.25, 0.3) is 0 Å². The van der Waals surface area contributed by atoms with Crippen molar-refractivity contribution in [1.82, 2.24) is 0 Å². The number of aliphatic hydroxyl groups excluding tert-OH is 1. The lowest BCUT2D eigenvalue weighted by atomic mass is 9.77. The van der Waals surface area contributed by atoms with Gasteiger partial charge in [-0.15, -0.1) is 0 Å². The standard InChI is InChI=1S/C26H41NO2S/c1-7-10-14-30-17-23-18(4)15-19(5)26(20(23)6)21-12-13-22(25(28)16-21)24(11-8-2)27-29-9-3/h15,21,28H,7-14,16-17H2,1-6H3. The zero-order valence-corrected chi connectivity index (χ0v) is 20.8. The van der Waals surface area contributed by atoms with E-state index in [0.717, 1.165) is 42.7 Å². The van der Waals surface area contributed by atoms with Crippen LogP contribution in [0.15, 0.2) is 22.6 Å². The number of hydrogen-bond acceptors (Lipinski definition) is 4. The number of rotatable bonds is 11. The maximum atomic E-state index is 10.9. The second-order valence-corrected chi connectivity index (χ2v) is 9.61. The van der Waals surface area contributed by atoms with Crippen LogP contribution >= 0.6 is 11.8 Å². The molecule has 2 rings (SSSR count). The van der Waals surface area contributed by atoms with Crippen LogP contribution in [0.4, 0.5) is 0 Å². The Morgan fingerprint density at radius 2 is 1.93 bits per heavy atom. The normalized spacial score (nSPS) is 17.5. The van der Waals surface area contributed by atoms with Crippen LogP contribution in [0.5, 0.6) is 0 Å². The predicted molar refractivity (Wildman–Crippen MR) is 132 cm³/mol. The van der Waals surface area contributed by atoms with Crippen molar-refractivity contribution < 1.29 is 9.94 Å². The Balaban J connectivity index is 2.27. The lowest BCUT2D eigenvalue weighted by Gasteiger charge is -2.29. The number of benzene rings is 1. The molecule has 1 aromatic rings. The largest absolute Gasteiger partial charge is 0.512 e. The fourth-order valence-corrected chi connectivity index (χ4v) is 5.91. The van der Waals surface area contributed by atoms with Crippen LogP contribution in [0.1, 0.15) is 99.5 Å². The summed E-state index contributed by atoms with van der Waals surface area (Å²) in [5.74, 6) is 3.21. The SMILES string of the molecule is CCCCSCc1c(C)cc(C)c(C2CCC(C(CCC)=NOCC)=C(O)C2)c1C. The van der Waals surface area contributed by atoms with Gasteiger partial charge in [-0.3, -0.25) is 0 Å². The van der Waals surface area contributed by atoms with E-state index in [9.17, 15) is 5.11 Å². The third-order valence-electron chi connectivity index (χ3n) is 6.16. The molecule has 1 unspecified atom stereocenters. The molecule has 1 aliphatic rings. The highest BCUT2D eigenvalue weighted by Gasteiger charge is 2.28. The maximum absolute atomic E-state index is 10.9. The van der Waals surface area contributed by atoms with E-state index in [2.05, 4.69) is 57.6 Å². The molecule has 1 atom stereocenters. The number of hydrogen-bond donors (Lipinski definition) is 1. The Labute approximate surface area is 188 Å². The van der Waals surface area contributed by atoms with Crippen LogP contribution in [0.2, 0.25) is 0 Å². The van der Waals surface area contributed by atoms with E-state index >= 15 is 0 Å². The topological polar surface area (TPSA) is 41.8 Å². The molecule has 3 nitrogen and oxygen atoms in total. The fraction of sp³-hybridized carbons (Fsp3) is 0.654. The van der Waals surface area contributed by atoms with Crippen molar-refractivity contribution in [1.29, 1.82) is 0 Å². The fourth-order valence-electron chi connectivity index (χ4n) is 4.62. The summed E-state index contributed by atoms with van der Waals surface area (Å²) >= 11 is 2.05. The predicted octanol–water partition coefficient (Wildman–Crippen LogP) is 7.92. The molecular formula is C26H41NO2S. The van der Waals surface area contributed by atoms with Gasteiger partial charge in [0.15, 0.2) is 0 Å². The van der Waals surface area contributed by atoms with Gasteiger partial charge in [0.2, 0.25) is 0 Å². The first-order valence-electron chi connectivity index (χ1n) is 11.7. The molecule has 4 heteroatoms. The molecule has 30 heavy (non-hydrogen) atoms. The highest BCUT2D eigenvalue weighted by molar-refractivity contribution is 7.98. The lowest BCUT2D eigenvalue weighted by molar-refractivity contribution is 0.158. The molecule has 0 spiro atoms. The molecule has 0 radical (unpaired) electrons. The molecule has 168 valence electrons. The monoisotopic (exact) mass is 431 g/mol. The Morgan fingerprint density at radius 1 is 1.17 bits per heavy atom. The number of oxime groups is 1. The van der Waals surface area contributed by atoms with Gasteiger partial charge < -0.3 is 9.94 Å². The summed E-state index contributed by atoms with van der Waals surface area (Å²) in [4.78, 5) is 5.32. The molecule has 1 aliphatic carbocycles. The average Bonchev–Trinajstić information content (AvgIpc) is 2.70. The Bertz CT molecular complexity index is 767. The molecule has 0 saturated heterocycles. The third-order valence-corrected chi connectivity index (χ3v) is 7.23. The van der Waals surface area contributed by atoms with Gasteiger partial charge in [-0.25, -0.2) is 0 Å². The second-order valence-electron chi connectivity index (χ2n) is 8.50. The van der Waals surface area contributed by atoms with Gasteiger partial charge in [0, 0.05) is 17.7 Å². The van der Waals surface area contributed by atoms with Gasteiger partial charge in [-0.1, -0.05) is 37.9 Å². The van der Waals surface area contributed by atoms with E-state index in [-0.39, 0.29) is 0 Å². The third kappa shape index (κ3) is 6.29. The number of unbranched alkanes of at least 4 members (excludes halogenated alkanes) is 1. The highest BCUT2D eigenvalue weighted by Crippen LogP contribution is 2.41. The summed E-state index contributed by atoms with van der Waals surface area (Å²) in [5, 5.41) is 15.3. The van der Waals surface area contributed by atoms with Crippen molar-refractivity contribution in [3.05, 3.63) is 45.2 Å². The molecule has 0 bridgehead atoms. The first-order valence-corrected chi connectivity index (χ1v) is 12.9. The van der Waals surface area contributed by atoms with Crippen molar-refractivity contribution in [3.63, 3.8) is 0 Å². The molecule has 0 fully saturated rings. The maximum Gasteiger partial charge on any atom is 0.114 e. The van der Waals surface area contributed by atoms with Crippen LogP contribution in [0, 0.1) is 20.8 Å². The average molecular weight is 432 g/mol. The zero-order chi connectivity index (χ0) is 22.1. The van der Waals surface area contributed by atoms with Gasteiger partial charge in [0.1, 0.15) is 6.61 Å². The summed E-state index contributed by atoms with van der Waals surface area (Å²) in [6, 6.07) is 2.35. The Kier molecular flexibility index (Phi) is 10.3. The van der Waals surface area contributed by atoms with Crippen LogP contribution < -0.4 is 0 Å². The molecular weight excluding hydrogens is 390 g/mol. The van der Waals surface area contributed by atoms with E-state index in [1.165, 1.54) is 46.4 Å². The number of aryl methyl sites for hydroxylation is 2. The molecule has 1 N–H and O–H groups in total. The van der Waals surface area contributed by atoms with Gasteiger partial charge in [-0.2, -0.15) is 11.8 Å². The summed E-state index contributed by atoms with van der Waals surface area (Å²) in [6.45, 7) is 13.7. The van der Waals surface area contributed by atoms with Crippen molar-refractivity contribution in [3.8, 4) is 0 Å². The smallest absolute Gasteiger partial charge is 0.114 e. The molecule has 1 aromatic carbocycles. The first-order chi connectivity index (χ1) is 14.4. The molecule has 0 aliphatic heterocycles. The lowest BCUT2D eigenvalue weighted by Crippen LogP contribution is -2.17. The molecule has 0 amide bonds. The van der Waals surface area contributed by atoms with Crippen LogP contribution in [0.3, 0.4) is 0 Å². The van der Waals surface area contributed by atoms with E-state index in [1.54, 1.807) is 0 Å². The van der Waals surface area contributed by atoms with Crippen LogP contribution in [-0.2, 0) is 10.6 Å². The molecule has 0 saturated carbocycles. The van der Waals surface area contributed by atoms with Gasteiger partial charge in [0.05, 0.1) is 11.5 Å². The summed E-state index contributed by atoms with van der Waals surface area (Å²) in [5.41, 5.74) is 9.11. The summed E-state index contributed by atoms with van der Waals surface area (Å²) in [6.07, 6.45) is 7.03. The van der Waals surface area contributed by atoms with Crippen molar-refractivity contribution in [2.24, 2.45) is 5.16 Å². The van der Waals surface area contributed by atoms with Crippen molar-refractivity contribution in [2.45, 2.75) is 98.2 Å². The number of allylic oxidation sites excluding steroid dienone is 2. The van der Waals surface area contributed by atoms with E-state index in [4.69, 9.17) is 4.84 Å². The Hall–Kier alpha value is -1.42. The van der Waals surface area contributed by atoms with Crippen LogP contribution in [-0.4, -0.2) is 23.2 Å². The summed E-state index contributed by atoms with van der Waals surface area (Å²) in [7, 11) is 0. The number of nitrogens with zero attached hydrogens (tertiary/aromatic N) is 1.